The third kappa shape index (κ3) is 2.65. The number of benzene rings is 1. The highest BCUT2D eigenvalue weighted by molar-refractivity contribution is 6.29. The summed E-state index contributed by atoms with van der Waals surface area (Å²) in [5.41, 5.74) is 7.31. The van der Waals surface area contributed by atoms with Gasteiger partial charge in [0.05, 0.1) is 7.11 Å². The summed E-state index contributed by atoms with van der Waals surface area (Å²) in [5.74, 6) is 1.51. The molecule has 94 valence electrons. The van der Waals surface area contributed by atoms with Crippen molar-refractivity contribution in [3.8, 4) is 5.75 Å². The lowest BCUT2D eigenvalue weighted by Crippen LogP contribution is -2.11. The molecule has 0 unspecified atom stereocenters. The first-order valence-corrected chi connectivity index (χ1v) is 5.79. The van der Waals surface area contributed by atoms with Crippen LogP contribution in [0.3, 0.4) is 0 Å². The number of nitrogens with zero attached hydrogens (tertiary/aromatic N) is 2. The van der Waals surface area contributed by atoms with Gasteiger partial charge in [-0.15, -0.1) is 0 Å². The standard InChI is InChI=1S/C13H14ClN3O/c1-17(10-3-5-11(18-2)6-4-10)13-8-9(15)7-12(14)16-13/h3-8H,1-2H3,(H2,15,16). The molecule has 0 saturated heterocycles. The van der Waals surface area contributed by atoms with Crippen LogP contribution in [0.25, 0.3) is 0 Å². The molecular formula is C13H14ClN3O. The molecule has 0 amide bonds. The average molecular weight is 264 g/mol. The van der Waals surface area contributed by atoms with Crippen LogP contribution in [0.5, 0.6) is 5.75 Å². The maximum atomic E-state index is 5.89. The predicted octanol–water partition coefficient (Wildman–Crippen LogP) is 3.09. The number of nitrogens with two attached hydrogens (primary N) is 1. The van der Waals surface area contributed by atoms with Gasteiger partial charge in [0.2, 0.25) is 0 Å². The van der Waals surface area contributed by atoms with Crippen LogP contribution in [-0.4, -0.2) is 19.1 Å². The lowest BCUT2D eigenvalue weighted by Gasteiger charge is -2.19. The van der Waals surface area contributed by atoms with E-state index in [1.807, 2.05) is 36.2 Å². The van der Waals surface area contributed by atoms with Crippen LogP contribution in [0.1, 0.15) is 0 Å². The van der Waals surface area contributed by atoms with Gasteiger partial charge in [-0.05, 0) is 30.3 Å². The van der Waals surface area contributed by atoms with E-state index in [4.69, 9.17) is 22.1 Å². The maximum Gasteiger partial charge on any atom is 0.136 e. The van der Waals surface area contributed by atoms with Crippen molar-refractivity contribution in [3.63, 3.8) is 0 Å². The molecule has 2 aromatic rings. The molecule has 18 heavy (non-hydrogen) atoms. The Morgan fingerprint density at radius 2 is 1.89 bits per heavy atom. The summed E-state index contributed by atoms with van der Waals surface area (Å²) >= 11 is 5.89. The van der Waals surface area contributed by atoms with Gasteiger partial charge < -0.3 is 15.4 Å². The molecule has 0 spiro atoms. The third-order valence-corrected chi connectivity index (χ3v) is 2.80. The molecule has 0 radical (unpaired) electrons. The van der Waals surface area contributed by atoms with Gasteiger partial charge in [-0.25, -0.2) is 4.98 Å². The minimum atomic E-state index is 0.380. The summed E-state index contributed by atoms with van der Waals surface area (Å²) in [4.78, 5) is 6.14. The molecule has 4 nitrogen and oxygen atoms in total. The fourth-order valence-corrected chi connectivity index (χ4v) is 1.82. The van der Waals surface area contributed by atoms with Crippen LogP contribution in [0, 0.1) is 0 Å². The van der Waals surface area contributed by atoms with Gasteiger partial charge in [0.15, 0.2) is 0 Å². The molecule has 1 aromatic carbocycles. The number of hydrogen-bond acceptors (Lipinski definition) is 4. The minimum absolute atomic E-state index is 0.380. The van der Waals surface area contributed by atoms with E-state index in [-0.39, 0.29) is 0 Å². The van der Waals surface area contributed by atoms with Gasteiger partial charge in [-0.3, -0.25) is 0 Å². The Kier molecular flexibility index (Phi) is 3.58. The molecule has 5 heteroatoms. The van der Waals surface area contributed by atoms with Crippen molar-refractivity contribution in [2.45, 2.75) is 0 Å². The Balaban J connectivity index is 2.31. The van der Waals surface area contributed by atoms with Crippen molar-refractivity contribution in [2.75, 3.05) is 24.8 Å². The van der Waals surface area contributed by atoms with E-state index >= 15 is 0 Å². The van der Waals surface area contributed by atoms with Crippen molar-refractivity contribution in [3.05, 3.63) is 41.6 Å². The minimum Gasteiger partial charge on any atom is -0.497 e. The second-order valence-electron chi connectivity index (χ2n) is 3.84. The number of ether oxygens (including phenoxy) is 1. The Bertz CT molecular complexity index is 522. The summed E-state index contributed by atoms with van der Waals surface area (Å²) in [6.45, 7) is 0. The smallest absolute Gasteiger partial charge is 0.136 e. The maximum absolute atomic E-state index is 5.89. The first-order chi connectivity index (χ1) is 8.60. The molecule has 1 aromatic heterocycles. The van der Waals surface area contributed by atoms with E-state index < -0.39 is 0 Å². The SMILES string of the molecule is COc1ccc(N(C)c2cc(N)cc(Cl)n2)cc1. The zero-order valence-corrected chi connectivity index (χ0v) is 11.0. The first-order valence-electron chi connectivity index (χ1n) is 5.41. The Morgan fingerprint density at radius 1 is 1.22 bits per heavy atom. The molecule has 0 aliphatic carbocycles. The van der Waals surface area contributed by atoms with E-state index in [0.29, 0.717) is 16.7 Å². The topological polar surface area (TPSA) is 51.4 Å². The van der Waals surface area contributed by atoms with Gasteiger partial charge in [0.1, 0.15) is 16.7 Å². The number of hydrogen-bond donors (Lipinski definition) is 1. The van der Waals surface area contributed by atoms with Crippen LogP contribution in [-0.2, 0) is 0 Å². The fraction of sp³-hybridized carbons (Fsp3) is 0.154. The molecule has 2 N–H and O–H groups in total. The number of aromatic nitrogens is 1. The van der Waals surface area contributed by atoms with Gasteiger partial charge in [0.25, 0.3) is 0 Å². The summed E-state index contributed by atoms with van der Waals surface area (Å²) in [7, 11) is 3.54. The highest BCUT2D eigenvalue weighted by atomic mass is 35.5. The molecule has 2 rings (SSSR count). The van der Waals surface area contributed by atoms with E-state index in [1.165, 1.54) is 0 Å². The number of methoxy groups -OCH3 is 1. The molecule has 0 atom stereocenters. The monoisotopic (exact) mass is 263 g/mol. The van der Waals surface area contributed by atoms with Crippen LogP contribution in [0.4, 0.5) is 17.2 Å². The Labute approximate surface area is 111 Å². The van der Waals surface area contributed by atoms with Gasteiger partial charge >= 0.3 is 0 Å². The lowest BCUT2D eigenvalue weighted by atomic mass is 10.2. The van der Waals surface area contributed by atoms with E-state index in [1.54, 1.807) is 19.2 Å². The van der Waals surface area contributed by atoms with E-state index in [2.05, 4.69) is 4.98 Å². The number of nitrogen functional groups attached to an aromatic ring is 1. The Morgan fingerprint density at radius 3 is 2.44 bits per heavy atom. The molecular weight excluding hydrogens is 250 g/mol. The zero-order valence-electron chi connectivity index (χ0n) is 10.2. The van der Waals surface area contributed by atoms with E-state index in [9.17, 15) is 0 Å². The first kappa shape index (κ1) is 12.5. The van der Waals surface area contributed by atoms with Crippen LogP contribution in [0.2, 0.25) is 5.15 Å². The summed E-state index contributed by atoms with van der Waals surface area (Å²) < 4.78 is 5.12. The quantitative estimate of drug-likeness (QED) is 0.865. The molecule has 0 aliphatic heterocycles. The van der Waals surface area contributed by atoms with Crippen molar-refractivity contribution in [2.24, 2.45) is 0 Å². The molecule has 1 heterocycles. The van der Waals surface area contributed by atoms with Crippen LogP contribution < -0.4 is 15.4 Å². The molecule has 0 fully saturated rings. The van der Waals surface area contributed by atoms with Gasteiger partial charge in [-0.2, -0.15) is 0 Å². The van der Waals surface area contributed by atoms with Crippen LogP contribution in [0.15, 0.2) is 36.4 Å². The van der Waals surface area contributed by atoms with Crippen molar-refractivity contribution in [1.82, 2.24) is 4.98 Å². The van der Waals surface area contributed by atoms with Gasteiger partial charge in [-0.1, -0.05) is 11.6 Å². The van der Waals surface area contributed by atoms with E-state index in [0.717, 1.165) is 11.4 Å². The summed E-state index contributed by atoms with van der Waals surface area (Å²) in [6, 6.07) is 11.1. The molecule has 0 saturated carbocycles. The highest BCUT2D eigenvalue weighted by Gasteiger charge is 2.07. The number of rotatable bonds is 3. The second-order valence-corrected chi connectivity index (χ2v) is 4.23. The number of pyridine rings is 1. The number of anilines is 3. The Hall–Kier alpha value is -1.94. The summed E-state index contributed by atoms with van der Waals surface area (Å²) in [6.07, 6.45) is 0. The normalized spacial score (nSPS) is 10.2. The van der Waals surface area contributed by atoms with Crippen molar-refractivity contribution >= 4 is 28.8 Å². The zero-order chi connectivity index (χ0) is 13.1. The van der Waals surface area contributed by atoms with Gasteiger partial charge in [0, 0.05) is 24.5 Å². The second kappa shape index (κ2) is 5.14. The molecule has 0 aliphatic rings. The fourth-order valence-electron chi connectivity index (χ4n) is 1.61. The van der Waals surface area contributed by atoms with Crippen molar-refractivity contribution in [1.29, 1.82) is 0 Å². The highest BCUT2D eigenvalue weighted by Crippen LogP contribution is 2.26. The van der Waals surface area contributed by atoms with Crippen molar-refractivity contribution < 1.29 is 4.74 Å². The molecule has 0 bridgehead atoms. The number of halogens is 1. The predicted molar refractivity (Wildman–Crippen MR) is 74.7 cm³/mol. The third-order valence-electron chi connectivity index (χ3n) is 2.61. The largest absolute Gasteiger partial charge is 0.497 e. The van der Waals surface area contributed by atoms with Crippen LogP contribution >= 0.6 is 11.6 Å². The summed E-state index contributed by atoms with van der Waals surface area (Å²) in [5, 5.41) is 0.380. The average Bonchev–Trinajstić information content (AvgIpc) is 2.37. The lowest BCUT2D eigenvalue weighted by molar-refractivity contribution is 0.415.